The highest BCUT2D eigenvalue weighted by molar-refractivity contribution is 5.12. The first-order valence-electron chi connectivity index (χ1n) is 4.68. The molecule has 0 N–H and O–H groups in total. The summed E-state index contributed by atoms with van der Waals surface area (Å²) in [6.45, 7) is 6.58. The molecule has 1 fully saturated rings. The van der Waals surface area contributed by atoms with E-state index in [9.17, 15) is 0 Å². The van der Waals surface area contributed by atoms with E-state index >= 15 is 0 Å². The molecule has 1 heteroatoms. The fraction of sp³-hybridized carbons (Fsp3) is 0.727. The average Bonchev–Trinajstić information content (AvgIpc) is 2.62. The maximum absolute atomic E-state index is 8.89. The van der Waals surface area contributed by atoms with Crippen LogP contribution in [-0.4, -0.2) is 0 Å². The Kier molecular flexibility index (Phi) is 2.57. The van der Waals surface area contributed by atoms with E-state index < -0.39 is 0 Å². The molecule has 2 atom stereocenters. The molecular formula is C11H17N. The van der Waals surface area contributed by atoms with E-state index in [0.717, 1.165) is 6.42 Å². The van der Waals surface area contributed by atoms with Gasteiger partial charge in [0.15, 0.2) is 0 Å². The third kappa shape index (κ3) is 1.88. The van der Waals surface area contributed by atoms with E-state index in [-0.39, 0.29) is 5.92 Å². The van der Waals surface area contributed by atoms with Gasteiger partial charge in [-0.05, 0) is 24.2 Å². The van der Waals surface area contributed by atoms with Crippen LogP contribution in [-0.2, 0) is 0 Å². The van der Waals surface area contributed by atoms with Crippen LogP contribution in [0.4, 0.5) is 0 Å². The van der Waals surface area contributed by atoms with Gasteiger partial charge in [-0.3, -0.25) is 0 Å². The summed E-state index contributed by atoms with van der Waals surface area (Å²) in [6, 6.07) is 2.37. The molecule has 0 aromatic carbocycles. The summed E-state index contributed by atoms with van der Waals surface area (Å²) in [6.07, 6.45) is 6.41. The number of hydrogen-bond donors (Lipinski definition) is 0. The molecule has 0 aromatic heterocycles. The van der Waals surface area contributed by atoms with Crippen LogP contribution in [0.1, 0.15) is 33.6 Å². The predicted molar refractivity (Wildman–Crippen MR) is 50.4 cm³/mol. The second-order valence-electron chi connectivity index (χ2n) is 4.29. The number of nitrogens with zero attached hydrogens (tertiary/aromatic N) is 1. The predicted octanol–water partition coefficient (Wildman–Crippen LogP) is 3.14. The zero-order valence-corrected chi connectivity index (χ0v) is 8.17. The molecule has 0 spiro atoms. The van der Waals surface area contributed by atoms with E-state index in [4.69, 9.17) is 5.26 Å². The van der Waals surface area contributed by atoms with Crippen molar-refractivity contribution in [1.29, 1.82) is 5.26 Å². The van der Waals surface area contributed by atoms with Gasteiger partial charge in [-0.15, -0.1) is 0 Å². The van der Waals surface area contributed by atoms with Gasteiger partial charge >= 0.3 is 0 Å². The van der Waals surface area contributed by atoms with E-state index in [2.05, 4.69) is 39.0 Å². The highest BCUT2D eigenvalue weighted by atomic mass is 14.5. The molecule has 66 valence electrons. The van der Waals surface area contributed by atoms with Gasteiger partial charge in [0.1, 0.15) is 0 Å². The van der Waals surface area contributed by atoms with Crippen LogP contribution in [0.5, 0.6) is 0 Å². The molecule has 1 rings (SSSR count). The smallest absolute Gasteiger partial charge is 0.0700 e. The Labute approximate surface area is 75.1 Å². The van der Waals surface area contributed by atoms with Crippen LogP contribution < -0.4 is 0 Å². The van der Waals surface area contributed by atoms with Crippen LogP contribution in [0.25, 0.3) is 0 Å². The normalized spacial score (nSPS) is 28.3. The Balaban J connectivity index is 2.50. The summed E-state index contributed by atoms with van der Waals surface area (Å²) in [5.41, 5.74) is 0.415. The van der Waals surface area contributed by atoms with E-state index in [0.29, 0.717) is 11.3 Å². The lowest BCUT2D eigenvalue weighted by molar-refractivity contribution is 0.517. The summed E-state index contributed by atoms with van der Waals surface area (Å²) in [5, 5.41) is 8.89. The number of rotatable bonds is 3. The van der Waals surface area contributed by atoms with Crippen molar-refractivity contribution in [2.75, 3.05) is 0 Å². The standard InChI is InChI=1S/C11H17N/c1-4-5-6-9(8-12)10-7-11(10,2)3/h5-6,9-10H,4,7H2,1-3H3/b6-5+. The zero-order chi connectivity index (χ0) is 9.19. The Morgan fingerprint density at radius 2 is 2.25 bits per heavy atom. The number of hydrogen-bond acceptors (Lipinski definition) is 1. The molecule has 0 aromatic rings. The van der Waals surface area contributed by atoms with Gasteiger partial charge in [0, 0.05) is 0 Å². The Morgan fingerprint density at radius 1 is 1.67 bits per heavy atom. The minimum atomic E-state index is 0.153. The maximum Gasteiger partial charge on any atom is 0.0700 e. The molecular weight excluding hydrogens is 146 g/mol. The minimum absolute atomic E-state index is 0.153. The first-order chi connectivity index (χ1) is 5.61. The lowest BCUT2D eigenvalue weighted by Crippen LogP contribution is -2.01. The van der Waals surface area contributed by atoms with Gasteiger partial charge in [-0.25, -0.2) is 0 Å². The molecule has 0 aliphatic heterocycles. The van der Waals surface area contributed by atoms with Crippen molar-refractivity contribution < 1.29 is 0 Å². The molecule has 1 saturated carbocycles. The van der Waals surface area contributed by atoms with Crippen LogP contribution >= 0.6 is 0 Å². The van der Waals surface area contributed by atoms with Gasteiger partial charge < -0.3 is 0 Å². The summed E-state index contributed by atoms with van der Waals surface area (Å²) in [5.74, 6) is 0.755. The molecule has 0 heterocycles. The van der Waals surface area contributed by atoms with Crippen molar-refractivity contribution in [2.24, 2.45) is 17.3 Å². The van der Waals surface area contributed by atoms with E-state index in [1.807, 2.05) is 0 Å². The topological polar surface area (TPSA) is 23.8 Å². The highest BCUT2D eigenvalue weighted by Gasteiger charge is 2.49. The van der Waals surface area contributed by atoms with Gasteiger partial charge in [0.25, 0.3) is 0 Å². The van der Waals surface area contributed by atoms with E-state index in [1.54, 1.807) is 0 Å². The highest BCUT2D eigenvalue weighted by Crippen LogP contribution is 2.55. The zero-order valence-electron chi connectivity index (χ0n) is 8.17. The van der Waals surface area contributed by atoms with Gasteiger partial charge in [-0.1, -0.05) is 32.9 Å². The SMILES string of the molecule is CC/C=C/C(C#N)C1CC1(C)C. The lowest BCUT2D eigenvalue weighted by Gasteiger charge is -2.04. The van der Waals surface area contributed by atoms with Crippen molar-refractivity contribution in [2.45, 2.75) is 33.6 Å². The van der Waals surface area contributed by atoms with Crippen molar-refractivity contribution in [3.05, 3.63) is 12.2 Å². The molecule has 0 bridgehead atoms. The average molecular weight is 163 g/mol. The fourth-order valence-corrected chi connectivity index (χ4v) is 1.67. The molecule has 2 unspecified atom stereocenters. The summed E-state index contributed by atoms with van der Waals surface area (Å²) >= 11 is 0. The molecule has 1 nitrogen and oxygen atoms in total. The van der Waals surface area contributed by atoms with E-state index in [1.165, 1.54) is 6.42 Å². The third-order valence-electron chi connectivity index (χ3n) is 2.75. The Bertz CT molecular complexity index is 220. The second-order valence-corrected chi connectivity index (χ2v) is 4.29. The van der Waals surface area contributed by atoms with Crippen LogP contribution in [0.3, 0.4) is 0 Å². The monoisotopic (exact) mass is 163 g/mol. The third-order valence-corrected chi connectivity index (χ3v) is 2.75. The summed E-state index contributed by atoms with van der Waals surface area (Å²) in [7, 11) is 0. The van der Waals surface area contributed by atoms with Gasteiger partial charge in [0.05, 0.1) is 12.0 Å². The minimum Gasteiger partial charge on any atom is -0.198 e. The fourth-order valence-electron chi connectivity index (χ4n) is 1.67. The van der Waals surface area contributed by atoms with Crippen LogP contribution in [0.2, 0.25) is 0 Å². The van der Waals surface area contributed by atoms with Crippen molar-refractivity contribution in [1.82, 2.24) is 0 Å². The molecule has 1 aliphatic rings. The Hall–Kier alpha value is -0.770. The maximum atomic E-state index is 8.89. The van der Waals surface area contributed by atoms with Gasteiger partial charge in [0.2, 0.25) is 0 Å². The van der Waals surface area contributed by atoms with Crippen LogP contribution in [0, 0.1) is 28.6 Å². The molecule has 12 heavy (non-hydrogen) atoms. The Morgan fingerprint density at radius 3 is 2.58 bits per heavy atom. The van der Waals surface area contributed by atoms with Crippen molar-refractivity contribution in [3.63, 3.8) is 0 Å². The largest absolute Gasteiger partial charge is 0.198 e. The quantitative estimate of drug-likeness (QED) is 0.586. The first kappa shape index (κ1) is 9.32. The molecule has 0 amide bonds. The van der Waals surface area contributed by atoms with Gasteiger partial charge in [-0.2, -0.15) is 5.26 Å². The molecule has 0 radical (unpaired) electrons. The lowest BCUT2D eigenvalue weighted by atomic mass is 9.98. The van der Waals surface area contributed by atoms with Crippen molar-refractivity contribution in [3.8, 4) is 6.07 Å². The summed E-state index contributed by atoms with van der Waals surface area (Å²) < 4.78 is 0. The summed E-state index contributed by atoms with van der Waals surface area (Å²) in [4.78, 5) is 0. The first-order valence-corrected chi connectivity index (χ1v) is 4.68. The van der Waals surface area contributed by atoms with Crippen molar-refractivity contribution >= 4 is 0 Å². The molecule has 0 saturated heterocycles. The number of allylic oxidation sites excluding steroid dienone is 2. The molecule has 1 aliphatic carbocycles. The number of nitriles is 1. The van der Waals surface area contributed by atoms with Crippen LogP contribution in [0.15, 0.2) is 12.2 Å². The second kappa shape index (κ2) is 3.31.